The van der Waals surface area contributed by atoms with Gasteiger partial charge in [-0.05, 0) is 30.5 Å². The third kappa shape index (κ3) is 5.59. The smallest absolute Gasteiger partial charge is 0.253 e. The van der Waals surface area contributed by atoms with Crippen LogP contribution in [0.15, 0.2) is 24.3 Å². The molecule has 0 aliphatic carbocycles. The summed E-state index contributed by atoms with van der Waals surface area (Å²) in [6.45, 7) is 1.31. The monoisotopic (exact) mass is 335 g/mol. The second-order valence-electron chi connectivity index (χ2n) is 5.77. The minimum absolute atomic E-state index is 0.124. The zero-order chi connectivity index (χ0) is 17.4. The Hall–Kier alpha value is -1.96. The molecule has 0 saturated carbocycles. The Labute approximate surface area is 141 Å². The van der Waals surface area contributed by atoms with Crippen LogP contribution in [0, 0.1) is 0 Å². The summed E-state index contributed by atoms with van der Waals surface area (Å²) < 4.78 is 10.5. The van der Waals surface area contributed by atoms with Gasteiger partial charge in [0, 0.05) is 32.5 Å². The topological polar surface area (TPSA) is 103 Å². The lowest BCUT2D eigenvalue weighted by atomic mass is 10.1. The van der Waals surface area contributed by atoms with Crippen LogP contribution < -0.4 is 16.4 Å². The first-order valence-corrected chi connectivity index (χ1v) is 8.13. The van der Waals surface area contributed by atoms with Crippen molar-refractivity contribution in [1.29, 1.82) is 0 Å². The van der Waals surface area contributed by atoms with E-state index in [1.807, 2.05) is 24.3 Å². The first kappa shape index (κ1) is 18.4. The van der Waals surface area contributed by atoms with E-state index in [4.69, 9.17) is 15.2 Å². The molecule has 1 fully saturated rings. The highest BCUT2D eigenvalue weighted by molar-refractivity contribution is 5.94. The van der Waals surface area contributed by atoms with Gasteiger partial charge in [0.05, 0.1) is 12.5 Å². The number of carbonyl (C=O) groups excluding carboxylic acids is 2. The van der Waals surface area contributed by atoms with Crippen LogP contribution in [-0.2, 0) is 25.6 Å². The van der Waals surface area contributed by atoms with Gasteiger partial charge in [-0.3, -0.25) is 9.59 Å². The predicted molar refractivity (Wildman–Crippen MR) is 90.4 cm³/mol. The van der Waals surface area contributed by atoms with Crippen molar-refractivity contribution in [1.82, 2.24) is 5.32 Å². The van der Waals surface area contributed by atoms with Crippen molar-refractivity contribution >= 4 is 17.5 Å². The first-order chi connectivity index (χ1) is 11.6. The third-order valence-corrected chi connectivity index (χ3v) is 3.92. The third-order valence-electron chi connectivity index (χ3n) is 3.92. The van der Waals surface area contributed by atoms with E-state index in [9.17, 15) is 9.59 Å². The summed E-state index contributed by atoms with van der Waals surface area (Å²) in [4.78, 5) is 23.9. The lowest BCUT2D eigenvalue weighted by Gasteiger charge is -2.13. The molecule has 2 amide bonds. The van der Waals surface area contributed by atoms with Crippen LogP contribution in [0.2, 0.25) is 0 Å². The van der Waals surface area contributed by atoms with Crippen molar-refractivity contribution < 1.29 is 19.1 Å². The molecule has 1 heterocycles. The molecular weight excluding hydrogens is 310 g/mol. The van der Waals surface area contributed by atoms with Gasteiger partial charge in [0.15, 0.2) is 0 Å². The molecule has 0 radical (unpaired) electrons. The van der Waals surface area contributed by atoms with E-state index >= 15 is 0 Å². The molecule has 7 nitrogen and oxygen atoms in total. The van der Waals surface area contributed by atoms with Gasteiger partial charge in [-0.1, -0.05) is 12.1 Å². The molecule has 0 bridgehead atoms. The van der Waals surface area contributed by atoms with Crippen LogP contribution in [-0.4, -0.2) is 44.3 Å². The van der Waals surface area contributed by atoms with Crippen LogP contribution in [0.3, 0.4) is 0 Å². The number of nitrogens with one attached hydrogen (secondary N) is 2. The quantitative estimate of drug-likeness (QED) is 0.652. The van der Waals surface area contributed by atoms with Crippen LogP contribution in [0.5, 0.6) is 0 Å². The van der Waals surface area contributed by atoms with E-state index in [0.717, 1.165) is 18.4 Å². The van der Waals surface area contributed by atoms with Crippen molar-refractivity contribution in [2.75, 3.05) is 25.6 Å². The van der Waals surface area contributed by atoms with E-state index in [-0.39, 0.29) is 30.4 Å². The van der Waals surface area contributed by atoms with E-state index in [1.54, 1.807) is 0 Å². The number of rotatable bonds is 8. The van der Waals surface area contributed by atoms with Crippen molar-refractivity contribution in [3.63, 3.8) is 0 Å². The van der Waals surface area contributed by atoms with Gasteiger partial charge in [0.25, 0.3) is 5.91 Å². The molecule has 0 spiro atoms. The predicted octanol–water partition coefficient (Wildman–Crippen LogP) is 0.784. The Balaban J connectivity index is 1.83. The summed E-state index contributed by atoms with van der Waals surface area (Å²) in [5.41, 5.74) is 7.09. The highest BCUT2D eigenvalue weighted by Crippen LogP contribution is 2.16. The van der Waals surface area contributed by atoms with E-state index in [0.29, 0.717) is 25.4 Å². The van der Waals surface area contributed by atoms with Crippen LogP contribution in [0.4, 0.5) is 5.69 Å². The fourth-order valence-corrected chi connectivity index (χ4v) is 2.51. The van der Waals surface area contributed by atoms with Gasteiger partial charge in [-0.2, -0.15) is 0 Å². The van der Waals surface area contributed by atoms with Gasteiger partial charge in [-0.15, -0.1) is 0 Å². The standard InChI is InChI=1S/C17H25N3O4/c1-23-14(10-18)9-16(21)19-11-12-4-2-5-13(8-12)20-17(22)15-6-3-7-24-15/h2,4-5,8,14-15H,3,6-7,9-11,18H2,1H3,(H,19,21)(H,20,22). The number of nitrogens with two attached hydrogens (primary N) is 1. The van der Waals surface area contributed by atoms with Gasteiger partial charge >= 0.3 is 0 Å². The molecule has 0 aromatic heterocycles. The van der Waals surface area contributed by atoms with Crippen molar-refractivity contribution in [3.8, 4) is 0 Å². The normalized spacial score (nSPS) is 18.2. The molecular formula is C17H25N3O4. The fraction of sp³-hybridized carbons (Fsp3) is 0.529. The summed E-state index contributed by atoms with van der Waals surface area (Å²) >= 11 is 0. The molecule has 2 rings (SSSR count). The highest BCUT2D eigenvalue weighted by Gasteiger charge is 2.23. The van der Waals surface area contributed by atoms with Gasteiger partial charge < -0.3 is 25.8 Å². The maximum Gasteiger partial charge on any atom is 0.253 e. The van der Waals surface area contributed by atoms with Crippen molar-refractivity contribution in [3.05, 3.63) is 29.8 Å². The molecule has 24 heavy (non-hydrogen) atoms. The largest absolute Gasteiger partial charge is 0.380 e. The SMILES string of the molecule is COC(CN)CC(=O)NCc1cccc(NC(=O)C2CCCO2)c1. The summed E-state index contributed by atoms with van der Waals surface area (Å²) in [5, 5.41) is 5.67. The summed E-state index contributed by atoms with van der Waals surface area (Å²) in [7, 11) is 1.53. The number of hydrogen-bond donors (Lipinski definition) is 3. The Kier molecular flexibility index (Phi) is 7.17. The average molecular weight is 335 g/mol. The minimum Gasteiger partial charge on any atom is -0.380 e. The number of methoxy groups -OCH3 is 1. The zero-order valence-corrected chi connectivity index (χ0v) is 13.9. The Morgan fingerprint density at radius 3 is 2.96 bits per heavy atom. The molecule has 2 atom stereocenters. The molecule has 2 unspecified atom stereocenters. The van der Waals surface area contributed by atoms with Crippen molar-refractivity contribution in [2.24, 2.45) is 5.73 Å². The summed E-state index contributed by atoms with van der Waals surface area (Å²) in [5.74, 6) is -0.249. The molecule has 1 saturated heterocycles. The average Bonchev–Trinajstić information content (AvgIpc) is 3.13. The number of ether oxygens (including phenoxy) is 2. The molecule has 7 heteroatoms. The van der Waals surface area contributed by atoms with Gasteiger partial charge in [0.1, 0.15) is 6.10 Å². The second-order valence-corrected chi connectivity index (χ2v) is 5.77. The highest BCUT2D eigenvalue weighted by atomic mass is 16.5. The zero-order valence-electron chi connectivity index (χ0n) is 13.9. The number of hydrogen-bond acceptors (Lipinski definition) is 5. The van der Waals surface area contributed by atoms with Gasteiger partial charge in [0.2, 0.25) is 5.91 Å². The minimum atomic E-state index is -0.365. The molecule has 1 aliphatic heterocycles. The van der Waals surface area contributed by atoms with Crippen LogP contribution in [0.1, 0.15) is 24.8 Å². The maximum absolute atomic E-state index is 12.0. The summed E-state index contributed by atoms with van der Waals surface area (Å²) in [6, 6.07) is 7.38. The molecule has 132 valence electrons. The molecule has 1 aromatic carbocycles. The van der Waals surface area contributed by atoms with E-state index < -0.39 is 0 Å². The van der Waals surface area contributed by atoms with Crippen LogP contribution in [0.25, 0.3) is 0 Å². The lowest BCUT2D eigenvalue weighted by molar-refractivity contribution is -0.125. The van der Waals surface area contributed by atoms with Crippen LogP contribution >= 0.6 is 0 Å². The maximum atomic E-state index is 12.0. The lowest BCUT2D eigenvalue weighted by Crippen LogP contribution is -2.32. The Morgan fingerprint density at radius 2 is 2.29 bits per heavy atom. The van der Waals surface area contributed by atoms with Gasteiger partial charge in [-0.25, -0.2) is 0 Å². The number of anilines is 1. The second kappa shape index (κ2) is 9.36. The molecule has 4 N–H and O–H groups in total. The number of carbonyl (C=O) groups is 2. The van der Waals surface area contributed by atoms with E-state index in [1.165, 1.54) is 7.11 Å². The molecule has 1 aliphatic rings. The molecule has 1 aromatic rings. The fourth-order valence-electron chi connectivity index (χ4n) is 2.51. The Bertz CT molecular complexity index is 555. The first-order valence-electron chi connectivity index (χ1n) is 8.13. The number of amides is 2. The number of benzene rings is 1. The van der Waals surface area contributed by atoms with E-state index in [2.05, 4.69) is 10.6 Å². The summed E-state index contributed by atoms with van der Waals surface area (Å²) in [6.07, 6.45) is 1.25. The Morgan fingerprint density at radius 1 is 1.46 bits per heavy atom. The van der Waals surface area contributed by atoms with Crippen molar-refractivity contribution in [2.45, 2.75) is 38.0 Å².